The summed E-state index contributed by atoms with van der Waals surface area (Å²) >= 11 is 6.11. The molecule has 26 heavy (non-hydrogen) atoms. The highest BCUT2D eigenvalue weighted by Gasteiger charge is 2.30. The first kappa shape index (κ1) is 17.9. The van der Waals surface area contributed by atoms with E-state index in [1.807, 2.05) is 0 Å². The maximum Gasteiger partial charge on any atom is 0.254 e. The third kappa shape index (κ3) is 3.85. The maximum absolute atomic E-state index is 12.1. The second-order valence-electron chi connectivity index (χ2n) is 5.76. The molecule has 0 spiro atoms. The number of nitrogens with one attached hydrogen (secondary N) is 3. The number of pyridine rings is 2. The fourth-order valence-electron chi connectivity index (χ4n) is 2.35. The van der Waals surface area contributed by atoms with Gasteiger partial charge in [-0.1, -0.05) is 11.6 Å². The number of halogens is 1. The van der Waals surface area contributed by atoms with Gasteiger partial charge in [-0.05, 0) is 18.9 Å². The van der Waals surface area contributed by atoms with Gasteiger partial charge < -0.3 is 20.7 Å². The van der Waals surface area contributed by atoms with Crippen LogP contribution >= 0.6 is 11.6 Å². The first-order chi connectivity index (χ1) is 12.5. The molecular formula is C17H18ClN5O3. The van der Waals surface area contributed by atoms with E-state index in [9.17, 15) is 9.59 Å². The molecule has 0 atom stereocenters. The minimum Gasteiger partial charge on any atom is -0.491 e. The fourth-order valence-corrected chi connectivity index (χ4v) is 2.58. The second kappa shape index (κ2) is 7.57. The number of ether oxygens (including phenoxy) is 1. The molecule has 0 bridgehead atoms. The highest BCUT2D eigenvalue weighted by Crippen LogP contribution is 2.34. The molecule has 2 amide bonds. The number of carbonyl (C=O) groups excluding carboxylic acids is 2. The minimum atomic E-state index is -0.332. The van der Waals surface area contributed by atoms with Crippen LogP contribution in [0.1, 0.15) is 23.2 Å². The van der Waals surface area contributed by atoms with E-state index in [1.54, 1.807) is 12.1 Å². The van der Waals surface area contributed by atoms with Crippen LogP contribution in [0, 0.1) is 5.92 Å². The van der Waals surface area contributed by atoms with Gasteiger partial charge in [-0.3, -0.25) is 9.59 Å². The first-order valence-corrected chi connectivity index (χ1v) is 8.39. The van der Waals surface area contributed by atoms with Crippen molar-refractivity contribution in [1.29, 1.82) is 0 Å². The van der Waals surface area contributed by atoms with Crippen molar-refractivity contribution in [2.45, 2.75) is 12.8 Å². The number of methoxy groups -OCH3 is 1. The standard InChI is InChI=1S/C17H18ClN5O3/c1-19-17(25)10-8-21-13(23-16(24)9-3-4-9)7-12(10)22-15-14(26-2)11(18)5-6-20-15/h5-9H,3-4H2,1-2H3,(H,19,25)(H2,20,21,22,23,24). The van der Waals surface area contributed by atoms with Crippen LogP contribution in [0.2, 0.25) is 5.02 Å². The van der Waals surface area contributed by atoms with E-state index in [4.69, 9.17) is 16.3 Å². The van der Waals surface area contributed by atoms with E-state index in [0.29, 0.717) is 33.7 Å². The molecule has 0 saturated heterocycles. The van der Waals surface area contributed by atoms with E-state index in [-0.39, 0.29) is 17.7 Å². The SMILES string of the molecule is CNC(=O)c1cnc(NC(=O)C2CC2)cc1Nc1nccc(Cl)c1OC. The van der Waals surface area contributed by atoms with Crippen molar-refractivity contribution in [2.24, 2.45) is 5.92 Å². The van der Waals surface area contributed by atoms with Gasteiger partial charge in [0, 0.05) is 31.4 Å². The molecule has 2 aromatic rings. The number of rotatable bonds is 6. The number of carbonyl (C=O) groups is 2. The summed E-state index contributed by atoms with van der Waals surface area (Å²) in [4.78, 5) is 32.5. The lowest BCUT2D eigenvalue weighted by Gasteiger charge is -2.15. The van der Waals surface area contributed by atoms with E-state index in [1.165, 1.54) is 26.6 Å². The first-order valence-electron chi connectivity index (χ1n) is 8.02. The molecule has 9 heteroatoms. The van der Waals surface area contributed by atoms with Crippen LogP contribution in [0.5, 0.6) is 5.75 Å². The van der Waals surface area contributed by atoms with E-state index in [2.05, 4.69) is 25.9 Å². The number of nitrogens with zero attached hydrogens (tertiary/aromatic N) is 2. The van der Waals surface area contributed by atoms with Crippen molar-refractivity contribution in [2.75, 3.05) is 24.8 Å². The highest BCUT2D eigenvalue weighted by atomic mass is 35.5. The Bertz CT molecular complexity index is 854. The average Bonchev–Trinajstić information content (AvgIpc) is 3.47. The number of anilines is 3. The average molecular weight is 376 g/mol. The summed E-state index contributed by atoms with van der Waals surface area (Å²) < 4.78 is 5.27. The number of hydrogen-bond acceptors (Lipinski definition) is 6. The van der Waals surface area contributed by atoms with Gasteiger partial charge in [0.1, 0.15) is 5.82 Å². The van der Waals surface area contributed by atoms with Gasteiger partial charge in [-0.2, -0.15) is 0 Å². The predicted molar refractivity (Wildman–Crippen MR) is 98.1 cm³/mol. The van der Waals surface area contributed by atoms with Gasteiger partial charge in [-0.15, -0.1) is 0 Å². The molecule has 2 aromatic heterocycles. The quantitative estimate of drug-likeness (QED) is 0.716. The van der Waals surface area contributed by atoms with Crippen LogP contribution < -0.4 is 20.7 Å². The van der Waals surface area contributed by atoms with Crippen molar-refractivity contribution in [1.82, 2.24) is 15.3 Å². The lowest BCUT2D eigenvalue weighted by Crippen LogP contribution is -2.20. The lowest BCUT2D eigenvalue weighted by molar-refractivity contribution is -0.117. The Labute approximate surface area is 155 Å². The molecule has 0 radical (unpaired) electrons. The van der Waals surface area contributed by atoms with Gasteiger partial charge in [0.15, 0.2) is 11.6 Å². The van der Waals surface area contributed by atoms with Crippen molar-refractivity contribution >= 4 is 40.7 Å². The zero-order valence-corrected chi connectivity index (χ0v) is 15.1. The van der Waals surface area contributed by atoms with Crippen molar-refractivity contribution < 1.29 is 14.3 Å². The van der Waals surface area contributed by atoms with Crippen molar-refractivity contribution in [3.05, 3.63) is 35.1 Å². The Morgan fingerprint density at radius 1 is 1.31 bits per heavy atom. The van der Waals surface area contributed by atoms with Gasteiger partial charge in [-0.25, -0.2) is 9.97 Å². The summed E-state index contributed by atoms with van der Waals surface area (Å²) in [7, 11) is 2.99. The van der Waals surface area contributed by atoms with Crippen LogP contribution in [0.15, 0.2) is 24.5 Å². The number of hydrogen-bond donors (Lipinski definition) is 3. The molecule has 0 aromatic carbocycles. The zero-order chi connectivity index (χ0) is 18.7. The van der Waals surface area contributed by atoms with Gasteiger partial charge in [0.25, 0.3) is 5.91 Å². The summed E-state index contributed by atoms with van der Waals surface area (Å²) in [6.07, 6.45) is 4.68. The molecule has 1 aliphatic carbocycles. The largest absolute Gasteiger partial charge is 0.491 e. The molecule has 1 aliphatic rings. The highest BCUT2D eigenvalue weighted by molar-refractivity contribution is 6.32. The third-order valence-electron chi connectivity index (χ3n) is 3.89. The van der Waals surface area contributed by atoms with Crippen LogP contribution in [-0.2, 0) is 4.79 Å². The monoisotopic (exact) mass is 375 g/mol. The van der Waals surface area contributed by atoms with Crippen LogP contribution in [0.3, 0.4) is 0 Å². The van der Waals surface area contributed by atoms with Gasteiger partial charge in [0.05, 0.1) is 23.4 Å². The van der Waals surface area contributed by atoms with E-state index >= 15 is 0 Å². The van der Waals surface area contributed by atoms with Crippen molar-refractivity contribution in [3.63, 3.8) is 0 Å². The summed E-state index contributed by atoms with van der Waals surface area (Å²) in [6, 6.07) is 3.17. The fraction of sp³-hybridized carbons (Fsp3) is 0.294. The summed E-state index contributed by atoms with van der Waals surface area (Å²) in [6.45, 7) is 0. The molecule has 3 rings (SSSR count). The Morgan fingerprint density at radius 2 is 2.08 bits per heavy atom. The number of amides is 2. The normalized spacial score (nSPS) is 13.0. The van der Waals surface area contributed by atoms with Gasteiger partial charge in [0.2, 0.25) is 5.91 Å². The van der Waals surface area contributed by atoms with E-state index < -0.39 is 0 Å². The predicted octanol–water partition coefficient (Wildman–Crippen LogP) is 2.59. The molecule has 136 valence electrons. The zero-order valence-electron chi connectivity index (χ0n) is 14.3. The smallest absolute Gasteiger partial charge is 0.254 e. The van der Waals surface area contributed by atoms with E-state index in [0.717, 1.165) is 12.8 Å². The molecule has 8 nitrogen and oxygen atoms in total. The molecule has 0 unspecified atom stereocenters. The second-order valence-corrected chi connectivity index (χ2v) is 6.16. The van der Waals surface area contributed by atoms with Crippen LogP contribution in [-0.4, -0.2) is 35.9 Å². The Kier molecular flexibility index (Phi) is 5.22. The van der Waals surface area contributed by atoms with Crippen LogP contribution in [0.25, 0.3) is 0 Å². The minimum absolute atomic E-state index is 0.0431. The maximum atomic E-state index is 12.1. The number of aromatic nitrogens is 2. The molecule has 0 aliphatic heterocycles. The van der Waals surface area contributed by atoms with Crippen LogP contribution in [0.4, 0.5) is 17.3 Å². The summed E-state index contributed by atoms with van der Waals surface area (Å²) in [5.74, 6) is 0.670. The molecular weight excluding hydrogens is 358 g/mol. The third-order valence-corrected chi connectivity index (χ3v) is 4.19. The van der Waals surface area contributed by atoms with Crippen molar-refractivity contribution in [3.8, 4) is 5.75 Å². The Hall–Kier alpha value is -2.87. The molecule has 1 saturated carbocycles. The molecule has 3 N–H and O–H groups in total. The molecule has 1 fully saturated rings. The summed E-state index contributed by atoms with van der Waals surface area (Å²) in [5.41, 5.74) is 0.708. The Morgan fingerprint density at radius 3 is 2.73 bits per heavy atom. The van der Waals surface area contributed by atoms with Gasteiger partial charge >= 0.3 is 0 Å². The lowest BCUT2D eigenvalue weighted by atomic mass is 10.2. The summed E-state index contributed by atoms with van der Waals surface area (Å²) in [5, 5.41) is 8.72. The Balaban J connectivity index is 1.95. The molecule has 2 heterocycles. The topological polar surface area (TPSA) is 105 Å².